The molecule has 0 saturated carbocycles. The molecule has 0 aliphatic rings. The second kappa shape index (κ2) is 7.92. The van der Waals surface area contributed by atoms with Crippen molar-refractivity contribution in [3.63, 3.8) is 0 Å². The molecule has 0 fully saturated rings. The van der Waals surface area contributed by atoms with Crippen LogP contribution in [0.2, 0.25) is 0 Å². The van der Waals surface area contributed by atoms with Gasteiger partial charge in [-0.3, -0.25) is 19.1 Å². The van der Waals surface area contributed by atoms with E-state index in [1.165, 1.54) is 11.8 Å². The maximum Gasteiger partial charge on any atom is 0.328 e. The smallest absolute Gasteiger partial charge is 0.328 e. The molecule has 1 aromatic carbocycles. The predicted molar refractivity (Wildman–Crippen MR) is 91.5 cm³/mol. The molecule has 2 aromatic rings. The van der Waals surface area contributed by atoms with Gasteiger partial charge in [0.1, 0.15) is 6.54 Å². The van der Waals surface area contributed by atoms with Gasteiger partial charge in [-0.15, -0.1) is 0 Å². The van der Waals surface area contributed by atoms with Crippen molar-refractivity contribution < 1.29 is 4.79 Å². The van der Waals surface area contributed by atoms with Crippen LogP contribution in [-0.2, 0) is 11.3 Å². The molecule has 1 unspecified atom stereocenters. The van der Waals surface area contributed by atoms with Crippen molar-refractivity contribution in [3.05, 3.63) is 67.4 Å². The van der Waals surface area contributed by atoms with E-state index in [0.717, 1.165) is 11.0 Å². The third kappa shape index (κ3) is 4.66. The Bertz CT molecular complexity index is 783. The molecule has 0 radical (unpaired) electrons. The van der Waals surface area contributed by atoms with Gasteiger partial charge < -0.3 is 5.32 Å². The summed E-state index contributed by atoms with van der Waals surface area (Å²) in [5.41, 5.74) is 0.0458. The lowest BCUT2D eigenvalue weighted by molar-refractivity contribution is -0.121. The van der Waals surface area contributed by atoms with Gasteiger partial charge in [0.2, 0.25) is 5.91 Å². The zero-order chi connectivity index (χ0) is 16.8. The van der Waals surface area contributed by atoms with E-state index < -0.39 is 11.2 Å². The first-order chi connectivity index (χ1) is 11.0. The highest BCUT2D eigenvalue weighted by Gasteiger charge is 2.12. The highest BCUT2D eigenvalue weighted by molar-refractivity contribution is 9.10. The van der Waals surface area contributed by atoms with E-state index in [1.54, 1.807) is 0 Å². The van der Waals surface area contributed by atoms with Gasteiger partial charge in [0.15, 0.2) is 0 Å². The van der Waals surface area contributed by atoms with Gasteiger partial charge in [-0.2, -0.15) is 0 Å². The molecule has 0 saturated heterocycles. The number of rotatable bonds is 6. The largest absolute Gasteiger partial charge is 0.354 e. The number of aromatic amines is 1. The first kappa shape index (κ1) is 17.2. The number of halogens is 1. The average Bonchev–Trinajstić information content (AvgIpc) is 2.54. The molecule has 122 valence electrons. The Morgan fingerprint density at radius 1 is 1.30 bits per heavy atom. The molecule has 23 heavy (non-hydrogen) atoms. The zero-order valence-electron chi connectivity index (χ0n) is 12.7. The summed E-state index contributed by atoms with van der Waals surface area (Å²) in [5.74, 6) is -0.0559. The first-order valence-corrected chi connectivity index (χ1v) is 8.11. The predicted octanol–water partition coefficient (Wildman–Crippen LogP) is 1.61. The lowest BCUT2D eigenvalue weighted by Crippen LogP contribution is -2.37. The van der Waals surface area contributed by atoms with Crippen LogP contribution < -0.4 is 16.6 Å². The van der Waals surface area contributed by atoms with E-state index >= 15 is 0 Å². The molecule has 7 heteroatoms. The number of H-pyrrole nitrogens is 1. The molecule has 0 spiro atoms. The summed E-state index contributed by atoms with van der Waals surface area (Å²) >= 11 is 3.04. The van der Waals surface area contributed by atoms with E-state index in [4.69, 9.17) is 0 Å². The van der Waals surface area contributed by atoms with E-state index in [-0.39, 0.29) is 22.8 Å². The summed E-state index contributed by atoms with van der Waals surface area (Å²) in [5, 5.41) is 2.84. The Morgan fingerprint density at radius 2 is 2.00 bits per heavy atom. The second-order valence-electron chi connectivity index (χ2n) is 5.18. The molecule has 0 bridgehead atoms. The summed E-state index contributed by atoms with van der Waals surface area (Å²) in [4.78, 5) is 37.1. The maximum absolute atomic E-state index is 12.0. The Hall–Kier alpha value is -2.15. The van der Waals surface area contributed by atoms with Gasteiger partial charge >= 0.3 is 5.69 Å². The molecule has 1 heterocycles. The number of aromatic nitrogens is 2. The van der Waals surface area contributed by atoms with E-state index in [2.05, 4.69) is 33.2 Å². The molecule has 1 atom stereocenters. The van der Waals surface area contributed by atoms with Gasteiger partial charge in [0, 0.05) is 18.7 Å². The van der Waals surface area contributed by atoms with Crippen LogP contribution in [0.15, 0.2) is 50.6 Å². The Kier molecular flexibility index (Phi) is 5.92. The van der Waals surface area contributed by atoms with Crippen molar-refractivity contribution in [2.24, 2.45) is 0 Å². The second-order valence-corrected chi connectivity index (χ2v) is 6.04. The van der Waals surface area contributed by atoms with Crippen molar-refractivity contribution in [1.29, 1.82) is 0 Å². The number of benzene rings is 1. The Labute approximate surface area is 141 Å². The quantitative estimate of drug-likeness (QED) is 0.799. The summed E-state index contributed by atoms with van der Waals surface area (Å²) in [7, 11) is 0. The summed E-state index contributed by atoms with van der Waals surface area (Å²) in [6.07, 6.45) is 2.21. The molecule has 6 nitrogen and oxygen atoms in total. The first-order valence-electron chi connectivity index (χ1n) is 7.32. The highest BCUT2D eigenvalue weighted by atomic mass is 79.9. The van der Waals surface area contributed by atoms with Gasteiger partial charge in [0.05, 0.1) is 4.47 Å². The van der Waals surface area contributed by atoms with Gasteiger partial charge in [-0.05, 0) is 27.9 Å². The van der Waals surface area contributed by atoms with E-state index in [0.29, 0.717) is 6.54 Å². The van der Waals surface area contributed by atoms with Crippen LogP contribution in [0.4, 0.5) is 0 Å². The van der Waals surface area contributed by atoms with Crippen LogP contribution in [0.5, 0.6) is 0 Å². The fourth-order valence-corrected chi connectivity index (χ4v) is 2.62. The number of hydrogen-bond donors (Lipinski definition) is 2. The summed E-state index contributed by atoms with van der Waals surface area (Å²) < 4.78 is 1.37. The molecular formula is C16H18BrN3O3. The SMILES string of the molecule is CCC(CNC(=O)Cn1cc(Br)c(=O)[nH]c1=O)c1ccccc1. The molecule has 2 N–H and O–H groups in total. The van der Waals surface area contributed by atoms with Crippen molar-refractivity contribution in [3.8, 4) is 0 Å². The Morgan fingerprint density at radius 3 is 2.65 bits per heavy atom. The van der Waals surface area contributed by atoms with Crippen LogP contribution in [0.25, 0.3) is 0 Å². The van der Waals surface area contributed by atoms with Crippen LogP contribution in [0.1, 0.15) is 24.8 Å². The number of nitrogens with zero attached hydrogens (tertiary/aromatic N) is 1. The molecule has 2 rings (SSSR count). The standard InChI is InChI=1S/C16H18BrN3O3/c1-2-11(12-6-4-3-5-7-12)8-18-14(21)10-20-9-13(17)15(22)19-16(20)23/h3-7,9,11H,2,8,10H2,1H3,(H,18,21)(H,19,22,23). The van der Waals surface area contributed by atoms with Crippen LogP contribution in [0, 0.1) is 0 Å². The maximum atomic E-state index is 12.0. The minimum atomic E-state index is -0.608. The minimum Gasteiger partial charge on any atom is -0.354 e. The van der Waals surface area contributed by atoms with E-state index in [9.17, 15) is 14.4 Å². The molecule has 1 aromatic heterocycles. The van der Waals surface area contributed by atoms with Crippen LogP contribution in [-0.4, -0.2) is 22.0 Å². The summed E-state index contributed by atoms with van der Waals surface area (Å²) in [6.45, 7) is 2.42. The fraction of sp³-hybridized carbons (Fsp3) is 0.312. The van der Waals surface area contributed by atoms with Crippen molar-refractivity contribution in [2.75, 3.05) is 6.54 Å². The summed E-state index contributed by atoms with van der Waals surface area (Å²) in [6, 6.07) is 9.96. The fourth-order valence-electron chi connectivity index (χ4n) is 2.27. The number of hydrogen-bond acceptors (Lipinski definition) is 3. The van der Waals surface area contributed by atoms with Crippen molar-refractivity contribution in [2.45, 2.75) is 25.8 Å². The third-order valence-electron chi connectivity index (χ3n) is 3.59. The molecule has 0 aliphatic heterocycles. The number of nitrogens with one attached hydrogen (secondary N) is 2. The molecule has 0 aliphatic carbocycles. The third-order valence-corrected chi connectivity index (χ3v) is 4.16. The van der Waals surface area contributed by atoms with E-state index in [1.807, 2.05) is 30.3 Å². The zero-order valence-corrected chi connectivity index (χ0v) is 14.3. The molecule has 1 amide bonds. The van der Waals surface area contributed by atoms with Crippen LogP contribution in [0.3, 0.4) is 0 Å². The number of amides is 1. The monoisotopic (exact) mass is 379 g/mol. The highest BCUT2D eigenvalue weighted by Crippen LogP contribution is 2.17. The number of carbonyl (C=O) groups excluding carboxylic acids is 1. The van der Waals surface area contributed by atoms with Gasteiger partial charge in [0.25, 0.3) is 5.56 Å². The topological polar surface area (TPSA) is 84.0 Å². The van der Waals surface area contributed by atoms with Crippen molar-refractivity contribution >= 4 is 21.8 Å². The average molecular weight is 380 g/mol. The lowest BCUT2D eigenvalue weighted by atomic mass is 9.96. The van der Waals surface area contributed by atoms with Gasteiger partial charge in [-0.1, -0.05) is 37.3 Å². The lowest BCUT2D eigenvalue weighted by Gasteiger charge is -2.16. The van der Waals surface area contributed by atoms with Crippen LogP contribution >= 0.6 is 15.9 Å². The Balaban J connectivity index is 1.99. The molecular weight excluding hydrogens is 362 g/mol. The minimum absolute atomic E-state index is 0.139. The number of carbonyl (C=O) groups is 1. The van der Waals surface area contributed by atoms with Crippen molar-refractivity contribution in [1.82, 2.24) is 14.9 Å². The normalized spacial score (nSPS) is 11.9. The van der Waals surface area contributed by atoms with Gasteiger partial charge in [-0.25, -0.2) is 4.79 Å².